The third-order valence-corrected chi connectivity index (χ3v) is 4.36. The van der Waals surface area contributed by atoms with Crippen molar-refractivity contribution in [3.63, 3.8) is 0 Å². The molecular formula is C17H18N8. The normalized spacial score (nSPS) is 15.2. The van der Waals surface area contributed by atoms with E-state index in [2.05, 4.69) is 41.4 Å². The summed E-state index contributed by atoms with van der Waals surface area (Å²) in [5.74, 6) is 2.66. The average Bonchev–Trinajstić information content (AvgIpc) is 3.18. The predicted molar refractivity (Wildman–Crippen MR) is 97.7 cm³/mol. The van der Waals surface area contributed by atoms with Crippen molar-refractivity contribution in [2.45, 2.75) is 18.8 Å². The van der Waals surface area contributed by atoms with Gasteiger partial charge in [-0.2, -0.15) is 10.1 Å². The van der Waals surface area contributed by atoms with Crippen molar-refractivity contribution < 1.29 is 0 Å². The van der Waals surface area contributed by atoms with Crippen LogP contribution >= 0.6 is 0 Å². The van der Waals surface area contributed by atoms with Crippen molar-refractivity contribution in [2.75, 3.05) is 27.9 Å². The minimum atomic E-state index is 0.536. The molecule has 1 saturated carbocycles. The summed E-state index contributed by atoms with van der Waals surface area (Å²) in [6, 6.07) is 9.94. The van der Waals surface area contributed by atoms with Crippen LogP contribution in [0.1, 0.15) is 24.5 Å². The number of aromatic amines is 1. The maximum Gasteiger partial charge on any atom is 0.229 e. The molecule has 0 unspecified atom stereocenters. The number of rotatable bonds is 5. The number of nitrogens with zero attached hydrogens (tertiary/aromatic N) is 3. The molecule has 25 heavy (non-hydrogen) atoms. The largest absolute Gasteiger partial charge is 0.366 e. The molecule has 1 fully saturated rings. The smallest absolute Gasteiger partial charge is 0.229 e. The van der Waals surface area contributed by atoms with Crippen LogP contribution in [-0.2, 0) is 0 Å². The van der Waals surface area contributed by atoms with E-state index in [9.17, 15) is 0 Å². The van der Waals surface area contributed by atoms with Gasteiger partial charge in [0.25, 0.3) is 0 Å². The van der Waals surface area contributed by atoms with E-state index in [0.29, 0.717) is 17.7 Å². The molecule has 0 amide bonds. The second-order valence-corrected chi connectivity index (χ2v) is 6.29. The summed E-state index contributed by atoms with van der Waals surface area (Å²) in [5.41, 5.74) is 4.30. The molecular weight excluding hydrogens is 316 g/mol. The Balaban J connectivity index is 1.31. The van der Waals surface area contributed by atoms with Gasteiger partial charge in [-0.3, -0.25) is 5.10 Å². The fourth-order valence-electron chi connectivity index (χ4n) is 2.91. The molecule has 1 aromatic carbocycles. The van der Waals surface area contributed by atoms with Gasteiger partial charge in [0.2, 0.25) is 5.95 Å². The van der Waals surface area contributed by atoms with Gasteiger partial charge in [0.1, 0.15) is 5.82 Å². The summed E-state index contributed by atoms with van der Waals surface area (Å²) in [4.78, 5) is 8.79. The van der Waals surface area contributed by atoms with E-state index in [1.54, 1.807) is 6.20 Å². The first kappa shape index (κ1) is 14.1. The Labute approximate surface area is 144 Å². The Morgan fingerprint density at radius 1 is 0.960 bits per heavy atom. The van der Waals surface area contributed by atoms with Gasteiger partial charge >= 0.3 is 0 Å². The minimum Gasteiger partial charge on any atom is -0.366 e. The molecule has 0 radical (unpaired) electrons. The monoisotopic (exact) mass is 334 g/mol. The van der Waals surface area contributed by atoms with Crippen molar-refractivity contribution in [2.24, 2.45) is 0 Å². The van der Waals surface area contributed by atoms with Gasteiger partial charge in [0.15, 0.2) is 5.82 Å². The van der Waals surface area contributed by atoms with Gasteiger partial charge in [0.05, 0.1) is 18.0 Å². The summed E-state index contributed by atoms with van der Waals surface area (Å²) in [5, 5.41) is 20.4. The van der Waals surface area contributed by atoms with Gasteiger partial charge in [-0.15, -0.1) is 0 Å². The molecule has 1 aliphatic carbocycles. The Bertz CT molecular complexity index is 915. The molecule has 1 aliphatic heterocycles. The van der Waals surface area contributed by atoms with Crippen LogP contribution in [0.2, 0.25) is 0 Å². The van der Waals surface area contributed by atoms with E-state index >= 15 is 0 Å². The highest BCUT2D eigenvalue weighted by Crippen LogP contribution is 2.39. The number of nitrogens with one attached hydrogen (secondary N) is 5. The summed E-state index contributed by atoms with van der Waals surface area (Å²) < 4.78 is 0. The number of hydrogen-bond donors (Lipinski definition) is 5. The summed E-state index contributed by atoms with van der Waals surface area (Å²) in [6.07, 6.45) is 4.21. The summed E-state index contributed by atoms with van der Waals surface area (Å²) in [7, 11) is 0. The Morgan fingerprint density at radius 2 is 1.88 bits per heavy atom. The zero-order chi connectivity index (χ0) is 16.6. The quantitative estimate of drug-likeness (QED) is 0.487. The van der Waals surface area contributed by atoms with Gasteiger partial charge in [0, 0.05) is 29.6 Å². The molecule has 5 N–H and O–H groups in total. The lowest BCUT2D eigenvalue weighted by atomic mass is 10.2. The lowest BCUT2D eigenvalue weighted by Gasteiger charge is -2.08. The molecule has 126 valence electrons. The van der Waals surface area contributed by atoms with Crippen LogP contribution in [-0.4, -0.2) is 26.8 Å². The first-order chi connectivity index (χ1) is 12.3. The molecule has 0 bridgehead atoms. The fraction of sp³-hybridized carbons (Fsp3) is 0.235. The highest BCUT2D eigenvalue weighted by Gasteiger charge is 2.25. The second-order valence-electron chi connectivity index (χ2n) is 6.29. The van der Waals surface area contributed by atoms with E-state index in [-0.39, 0.29) is 0 Å². The third kappa shape index (κ3) is 2.93. The summed E-state index contributed by atoms with van der Waals surface area (Å²) >= 11 is 0. The molecule has 8 nitrogen and oxygen atoms in total. The predicted octanol–water partition coefficient (Wildman–Crippen LogP) is 3.36. The average molecular weight is 334 g/mol. The topological polar surface area (TPSA) is 103 Å². The van der Waals surface area contributed by atoms with E-state index in [4.69, 9.17) is 0 Å². The number of H-pyrrole nitrogens is 1. The van der Waals surface area contributed by atoms with E-state index in [1.165, 1.54) is 18.5 Å². The standard InChI is InChI=1S/C17H18N8/c1-2-10(1)13-8-16(25-24-13)22-15-5-6-18-17(23-15)21-11-3-4-12-14(7-11)20-9-19-12/h3-8,10,19-20H,1-2,9H2,(H3,18,21,22,23,24,25). The van der Waals surface area contributed by atoms with Crippen molar-refractivity contribution in [1.29, 1.82) is 0 Å². The number of fused-ring (bicyclic) bond motifs is 1. The Kier molecular flexibility index (Phi) is 3.19. The van der Waals surface area contributed by atoms with Crippen molar-refractivity contribution in [3.05, 3.63) is 42.2 Å². The number of hydrogen-bond acceptors (Lipinski definition) is 7. The van der Waals surface area contributed by atoms with E-state index in [0.717, 1.165) is 29.5 Å². The molecule has 2 aromatic heterocycles. The van der Waals surface area contributed by atoms with Crippen molar-refractivity contribution >= 4 is 34.6 Å². The van der Waals surface area contributed by atoms with Crippen LogP contribution in [0.25, 0.3) is 0 Å². The van der Waals surface area contributed by atoms with Crippen LogP contribution in [0.4, 0.5) is 34.6 Å². The molecule has 3 aromatic rings. The highest BCUT2D eigenvalue weighted by molar-refractivity contribution is 5.78. The van der Waals surface area contributed by atoms with Gasteiger partial charge in [-0.1, -0.05) is 0 Å². The minimum absolute atomic E-state index is 0.536. The number of benzene rings is 1. The SMILES string of the molecule is c1cc(Nc2cc(C3CC3)[nH]n2)nc(Nc2ccc3c(c2)NCN3)n1. The van der Waals surface area contributed by atoms with Crippen LogP contribution in [0, 0.1) is 0 Å². The van der Waals surface area contributed by atoms with Gasteiger partial charge < -0.3 is 21.3 Å². The zero-order valence-corrected chi connectivity index (χ0v) is 13.5. The molecule has 0 atom stereocenters. The first-order valence-corrected chi connectivity index (χ1v) is 8.38. The highest BCUT2D eigenvalue weighted by atomic mass is 15.2. The Morgan fingerprint density at radius 3 is 2.80 bits per heavy atom. The van der Waals surface area contributed by atoms with Crippen LogP contribution in [0.3, 0.4) is 0 Å². The number of anilines is 6. The molecule has 2 aliphatic rings. The lowest BCUT2D eigenvalue weighted by Crippen LogP contribution is -2.00. The number of aromatic nitrogens is 4. The van der Waals surface area contributed by atoms with Gasteiger partial charge in [-0.05, 0) is 37.1 Å². The Hall–Kier alpha value is -3.29. The summed E-state index contributed by atoms with van der Waals surface area (Å²) in [6.45, 7) is 0.751. The molecule has 0 spiro atoms. The van der Waals surface area contributed by atoms with Crippen LogP contribution in [0.5, 0.6) is 0 Å². The second kappa shape index (κ2) is 5.66. The fourth-order valence-corrected chi connectivity index (χ4v) is 2.91. The van der Waals surface area contributed by atoms with Crippen molar-refractivity contribution in [1.82, 2.24) is 20.2 Å². The maximum atomic E-state index is 4.50. The molecule has 5 rings (SSSR count). The third-order valence-electron chi connectivity index (χ3n) is 4.36. The zero-order valence-electron chi connectivity index (χ0n) is 13.5. The lowest BCUT2D eigenvalue weighted by molar-refractivity contribution is 0.966. The molecule has 8 heteroatoms. The van der Waals surface area contributed by atoms with E-state index < -0.39 is 0 Å². The van der Waals surface area contributed by atoms with Crippen LogP contribution in [0.15, 0.2) is 36.5 Å². The van der Waals surface area contributed by atoms with E-state index in [1.807, 2.05) is 30.3 Å². The van der Waals surface area contributed by atoms with Crippen molar-refractivity contribution in [3.8, 4) is 0 Å². The van der Waals surface area contributed by atoms with Gasteiger partial charge in [-0.25, -0.2) is 4.98 Å². The van der Waals surface area contributed by atoms with Crippen LogP contribution < -0.4 is 21.3 Å². The maximum absolute atomic E-state index is 4.50. The molecule has 3 heterocycles. The molecule has 0 saturated heterocycles. The first-order valence-electron chi connectivity index (χ1n) is 8.38.